The molecule has 19 heavy (non-hydrogen) atoms. The maximum Gasteiger partial charge on any atom is 0.272 e. The second-order valence-electron chi connectivity index (χ2n) is 5.12. The second kappa shape index (κ2) is 5.01. The van der Waals surface area contributed by atoms with E-state index in [1.807, 2.05) is 24.3 Å². The summed E-state index contributed by atoms with van der Waals surface area (Å²) in [6.45, 7) is 0.631. The maximum atomic E-state index is 12.3. The molecule has 0 spiro atoms. The van der Waals surface area contributed by atoms with Gasteiger partial charge in [-0.3, -0.25) is 9.89 Å². The fourth-order valence-corrected chi connectivity index (χ4v) is 2.88. The number of amides is 1. The molecule has 3 rings (SSSR count). The smallest absolute Gasteiger partial charge is 0.272 e. The number of aromatic amines is 1. The Morgan fingerprint density at radius 1 is 1.42 bits per heavy atom. The zero-order valence-electron chi connectivity index (χ0n) is 10.7. The molecule has 1 fully saturated rings. The molecule has 1 heterocycles. The van der Waals surface area contributed by atoms with Crippen LogP contribution in [0, 0.1) is 5.92 Å². The third-order valence-corrected chi connectivity index (χ3v) is 3.96. The van der Waals surface area contributed by atoms with Crippen molar-refractivity contribution in [3.8, 4) is 0 Å². The van der Waals surface area contributed by atoms with Gasteiger partial charge in [0.05, 0.1) is 5.52 Å². The van der Waals surface area contributed by atoms with Crippen molar-refractivity contribution >= 4 is 16.8 Å². The topological polar surface area (TPSA) is 83.8 Å². The van der Waals surface area contributed by atoms with Gasteiger partial charge >= 0.3 is 0 Å². The van der Waals surface area contributed by atoms with E-state index in [1.54, 1.807) is 0 Å². The first-order valence-electron chi connectivity index (χ1n) is 6.73. The number of rotatable bonds is 3. The molecule has 1 amide bonds. The first-order chi connectivity index (χ1) is 9.29. The normalized spacial score (nSPS) is 22.8. The Morgan fingerprint density at radius 3 is 3.11 bits per heavy atom. The summed E-state index contributed by atoms with van der Waals surface area (Å²) in [5.74, 6) is 0.289. The number of hydrogen-bond donors (Lipinski definition) is 3. The van der Waals surface area contributed by atoms with Crippen LogP contribution in [-0.4, -0.2) is 28.7 Å². The average molecular weight is 258 g/mol. The molecule has 5 heteroatoms. The van der Waals surface area contributed by atoms with Crippen molar-refractivity contribution in [1.29, 1.82) is 0 Å². The van der Waals surface area contributed by atoms with Gasteiger partial charge in [0, 0.05) is 11.4 Å². The van der Waals surface area contributed by atoms with E-state index in [0.717, 1.165) is 30.2 Å². The highest BCUT2D eigenvalue weighted by molar-refractivity contribution is 6.04. The highest BCUT2D eigenvalue weighted by Crippen LogP contribution is 2.25. The number of nitrogens with two attached hydrogens (primary N) is 1. The van der Waals surface area contributed by atoms with Crippen LogP contribution in [0.1, 0.15) is 29.8 Å². The fraction of sp³-hybridized carbons (Fsp3) is 0.429. The lowest BCUT2D eigenvalue weighted by atomic mass is 10.0. The quantitative estimate of drug-likeness (QED) is 0.778. The highest BCUT2D eigenvalue weighted by atomic mass is 16.2. The van der Waals surface area contributed by atoms with Crippen molar-refractivity contribution in [2.24, 2.45) is 11.7 Å². The van der Waals surface area contributed by atoms with E-state index in [0.29, 0.717) is 18.2 Å². The molecule has 2 aromatic rings. The molecule has 1 saturated carbocycles. The number of carbonyl (C=O) groups excluding carboxylic acids is 1. The zero-order chi connectivity index (χ0) is 13.2. The van der Waals surface area contributed by atoms with Crippen molar-refractivity contribution in [3.05, 3.63) is 30.0 Å². The summed E-state index contributed by atoms with van der Waals surface area (Å²) < 4.78 is 0. The number of aromatic nitrogens is 2. The van der Waals surface area contributed by atoms with Crippen LogP contribution in [0.15, 0.2) is 24.3 Å². The molecule has 0 saturated heterocycles. The molecule has 2 unspecified atom stereocenters. The Morgan fingerprint density at radius 2 is 2.26 bits per heavy atom. The number of hydrogen-bond acceptors (Lipinski definition) is 3. The van der Waals surface area contributed by atoms with E-state index < -0.39 is 0 Å². The van der Waals surface area contributed by atoms with Gasteiger partial charge in [-0.25, -0.2) is 0 Å². The predicted octanol–water partition coefficient (Wildman–Crippen LogP) is 1.42. The zero-order valence-corrected chi connectivity index (χ0v) is 10.7. The Kier molecular flexibility index (Phi) is 3.21. The van der Waals surface area contributed by atoms with E-state index in [4.69, 9.17) is 5.73 Å². The number of nitrogens with zero attached hydrogens (tertiary/aromatic N) is 1. The number of H-pyrrole nitrogens is 1. The van der Waals surface area contributed by atoms with Crippen LogP contribution >= 0.6 is 0 Å². The molecule has 1 aromatic heterocycles. The average Bonchev–Trinajstić information content (AvgIpc) is 3.04. The van der Waals surface area contributed by atoms with Crippen LogP contribution in [0.2, 0.25) is 0 Å². The number of para-hydroxylation sites is 1. The molecule has 4 N–H and O–H groups in total. The minimum absolute atomic E-state index is 0.109. The number of fused-ring (bicyclic) bond motifs is 1. The third kappa shape index (κ3) is 2.21. The Labute approximate surface area is 111 Å². The molecule has 0 radical (unpaired) electrons. The van der Waals surface area contributed by atoms with Gasteiger partial charge in [0.25, 0.3) is 5.91 Å². The van der Waals surface area contributed by atoms with Gasteiger partial charge in [0.2, 0.25) is 0 Å². The summed E-state index contributed by atoms with van der Waals surface area (Å²) in [5, 5.41) is 10.9. The Hall–Kier alpha value is -1.88. The lowest BCUT2D eigenvalue weighted by Crippen LogP contribution is -2.40. The van der Waals surface area contributed by atoms with Crippen LogP contribution in [-0.2, 0) is 0 Å². The Balaban J connectivity index is 1.80. The Bertz CT molecular complexity index is 592. The van der Waals surface area contributed by atoms with E-state index in [2.05, 4.69) is 15.5 Å². The van der Waals surface area contributed by atoms with Crippen LogP contribution < -0.4 is 11.1 Å². The SMILES string of the molecule is NCC1CCCC1NC(=O)c1n[nH]c2ccccc12. The second-order valence-corrected chi connectivity index (χ2v) is 5.12. The first kappa shape index (κ1) is 12.2. The summed E-state index contributed by atoms with van der Waals surface area (Å²) in [4.78, 5) is 12.3. The fourth-order valence-electron chi connectivity index (χ4n) is 2.88. The molecule has 0 bridgehead atoms. The molecule has 100 valence electrons. The monoisotopic (exact) mass is 258 g/mol. The van der Waals surface area contributed by atoms with Crippen molar-refractivity contribution < 1.29 is 4.79 Å². The minimum atomic E-state index is -0.109. The largest absolute Gasteiger partial charge is 0.348 e. The van der Waals surface area contributed by atoms with Crippen LogP contribution in [0.5, 0.6) is 0 Å². The van der Waals surface area contributed by atoms with Crippen LogP contribution in [0.3, 0.4) is 0 Å². The van der Waals surface area contributed by atoms with Crippen molar-refractivity contribution in [3.63, 3.8) is 0 Å². The molecule has 1 aromatic carbocycles. The van der Waals surface area contributed by atoms with Crippen LogP contribution in [0.4, 0.5) is 0 Å². The molecular weight excluding hydrogens is 240 g/mol. The van der Waals surface area contributed by atoms with E-state index >= 15 is 0 Å². The summed E-state index contributed by atoms with van der Waals surface area (Å²) in [7, 11) is 0. The van der Waals surface area contributed by atoms with Gasteiger partial charge in [-0.15, -0.1) is 0 Å². The molecular formula is C14H18N4O. The van der Waals surface area contributed by atoms with Crippen LogP contribution in [0.25, 0.3) is 10.9 Å². The first-order valence-corrected chi connectivity index (χ1v) is 6.73. The summed E-state index contributed by atoms with van der Waals surface area (Å²) in [6, 6.07) is 7.84. The lowest BCUT2D eigenvalue weighted by Gasteiger charge is -2.18. The van der Waals surface area contributed by atoms with Gasteiger partial charge in [0.1, 0.15) is 0 Å². The molecule has 2 atom stereocenters. The predicted molar refractivity (Wildman–Crippen MR) is 73.7 cm³/mol. The number of carbonyl (C=O) groups is 1. The van der Waals surface area contributed by atoms with E-state index in [9.17, 15) is 4.79 Å². The van der Waals surface area contributed by atoms with Gasteiger partial charge in [-0.2, -0.15) is 5.10 Å². The molecule has 1 aliphatic carbocycles. The third-order valence-electron chi connectivity index (χ3n) is 3.96. The molecule has 5 nitrogen and oxygen atoms in total. The van der Waals surface area contributed by atoms with Gasteiger partial charge < -0.3 is 11.1 Å². The molecule has 0 aliphatic heterocycles. The number of benzene rings is 1. The van der Waals surface area contributed by atoms with E-state index in [-0.39, 0.29) is 11.9 Å². The molecule has 1 aliphatic rings. The lowest BCUT2D eigenvalue weighted by molar-refractivity contribution is 0.0925. The van der Waals surface area contributed by atoms with Crippen molar-refractivity contribution in [1.82, 2.24) is 15.5 Å². The standard InChI is InChI=1S/C14H18N4O/c15-8-9-4-3-7-11(9)16-14(19)13-10-5-1-2-6-12(10)17-18-13/h1-2,5-6,9,11H,3-4,7-8,15H2,(H,16,19)(H,17,18). The van der Waals surface area contributed by atoms with Gasteiger partial charge in [-0.1, -0.05) is 24.6 Å². The van der Waals surface area contributed by atoms with Gasteiger partial charge in [0.15, 0.2) is 5.69 Å². The van der Waals surface area contributed by atoms with E-state index in [1.165, 1.54) is 0 Å². The highest BCUT2D eigenvalue weighted by Gasteiger charge is 2.28. The van der Waals surface area contributed by atoms with Crippen molar-refractivity contribution in [2.45, 2.75) is 25.3 Å². The minimum Gasteiger partial charge on any atom is -0.348 e. The summed E-state index contributed by atoms with van der Waals surface area (Å²) >= 11 is 0. The summed E-state index contributed by atoms with van der Waals surface area (Å²) in [6.07, 6.45) is 3.24. The van der Waals surface area contributed by atoms with Crippen molar-refractivity contribution in [2.75, 3.05) is 6.54 Å². The summed E-state index contributed by atoms with van der Waals surface area (Å²) in [5.41, 5.74) is 7.09. The maximum absolute atomic E-state index is 12.3. The van der Waals surface area contributed by atoms with Gasteiger partial charge in [-0.05, 0) is 31.4 Å². The number of nitrogens with one attached hydrogen (secondary N) is 2.